The van der Waals surface area contributed by atoms with Crippen molar-refractivity contribution in [1.29, 1.82) is 0 Å². The van der Waals surface area contributed by atoms with Gasteiger partial charge in [0.2, 0.25) is 5.91 Å². The summed E-state index contributed by atoms with van der Waals surface area (Å²) in [5.74, 6) is -0.366. The minimum Gasteiger partial charge on any atom is -0.462 e. The zero-order chi connectivity index (χ0) is 24.8. The minimum atomic E-state index is -0.376. The van der Waals surface area contributed by atoms with E-state index in [9.17, 15) is 14.4 Å². The Morgan fingerprint density at radius 2 is 1.77 bits per heavy atom. The number of ether oxygens (including phenoxy) is 2. The number of fused-ring (bicyclic) bond motifs is 1. The molecular formula is C27H34N2O5S. The lowest BCUT2D eigenvalue weighted by molar-refractivity contribution is -0.114. The molecule has 188 valence electrons. The maximum absolute atomic E-state index is 12.7. The van der Waals surface area contributed by atoms with Gasteiger partial charge in [-0.15, -0.1) is 11.3 Å². The zero-order valence-corrected chi connectivity index (χ0v) is 21.3. The number of nitrogens with one attached hydrogen (secondary N) is 2. The highest BCUT2D eigenvalue weighted by molar-refractivity contribution is 7.17. The molecule has 4 rings (SSSR count). The second-order valence-corrected chi connectivity index (χ2v) is 10.5. The van der Waals surface area contributed by atoms with Crippen LogP contribution in [-0.2, 0) is 27.1 Å². The van der Waals surface area contributed by atoms with Crippen LogP contribution in [0.5, 0.6) is 0 Å². The first-order chi connectivity index (χ1) is 16.9. The molecule has 0 spiro atoms. The second kappa shape index (κ2) is 11.7. The van der Waals surface area contributed by atoms with Gasteiger partial charge in [0.05, 0.1) is 24.3 Å². The van der Waals surface area contributed by atoms with Crippen LogP contribution in [0.4, 0.5) is 10.7 Å². The Morgan fingerprint density at radius 3 is 2.49 bits per heavy atom. The van der Waals surface area contributed by atoms with Gasteiger partial charge in [0.15, 0.2) is 0 Å². The average molecular weight is 499 g/mol. The summed E-state index contributed by atoms with van der Waals surface area (Å²) in [6.45, 7) is 4.31. The zero-order valence-electron chi connectivity index (χ0n) is 20.5. The molecule has 35 heavy (non-hydrogen) atoms. The van der Waals surface area contributed by atoms with Crippen LogP contribution in [0.15, 0.2) is 24.3 Å². The molecule has 2 aliphatic rings. The van der Waals surface area contributed by atoms with E-state index in [0.717, 1.165) is 61.1 Å². The number of amides is 1. The van der Waals surface area contributed by atoms with Crippen molar-refractivity contribution < 1.29 is 23.9 Å². The van der Waals surface area contributed by atoms with E-state index in [2.05, 4.69) is 17.6 Å². The molecule has 1 amide bonds. The molecule has 7 nitrogen and oxygen atoms in total. The fraction of sp³-hybridized carbons (Fsp3) is 0.519. The summed E-state index contributed by atoms with van der Waals surface area (Å²) < 4.78 is 10.9. The standard InChI is InChI=1S/C27H34N2O5S/c1-3-33-27(32)24-21-14-9-17(2)15-22(21)35-25(24)29-23(30)16-28-19-12-10-18(11-13-19)26(31)34-20-7-5-4-6-8-20/h10-13,17,20,28H,3-9,14-16H2,1-2H3,(H,29,30). The number of benzene rings is 1. The van der Waals surface area contributed by atoms with E-state index < -0.39 is 0 Å². The molecule has 1 saturated carbocycles. The molecule has 1 atom stereocenters. The van der Waals surface area contributed by atoms with Crippen LogP contribution in [0.2, 0.25) is 0 Å². The fourth-order valence-corrected chi connectivity index (χ4v) is 6.15. The monoisotopic (exact) mass is 498 g/mol. The van der Waals surface area contributed by atoms with Gasteiger partial charge in [0.1, 0.15) is 11.1 Å². The number of anilines is 2. The molecule has 1 heterocycles. The van der Waals surface area contributed by atoms with Gasteiger partial charge in [-0.3, -0.25) is 4.79 Å². The first-order valence-electron chi connectivity index (χ1n) is 12.6. The summed E-state index contributed by atoms with van der Waals surface area (Å²) in [7, 11) is 0. The predicted octanol–water partition coefficient (Wildman–Crippen LogP) is 5.59. The van der Waals surface area contributed by atoms with Crippen molar-refractivity contribution in [3.63, 3.8) is 0 Å². The Bertz CT molecular complexity index is 1060. The van der Waals surface area contributed by atoms with Crippen molar-refractivity contribution in [2.45, 2.75) is 71.3 Å². The van der Waals surface area contributed by atoms with Crippen LogP contribution < -0.4 is 10.6 Å². The Labute approximate surface area is 210 Å². The van der Waals surface area contributed by atoms with Crippen LogP contribution >= 0.6 is 11.3 Å². The van der Waals surface area contributed by atoms with Gasteiger partial charge in [-0.25, -0.2) is 9.59 Å². The van der Waals surface area contributed by atoms with E-state index in [1.165, 1.54) is 17.8 Å². The summed E-state index contributed by atoms with van der Waals surface area (Å²) in [6.07, 6.45) is 8.07. The molecule has 2 N–H and O–H groups in total. The Hall–Kier alpha value is -2.87. The van der Waals surface area contributed by atoms with Gasteiger partial charge in [-0.05, 0) is 87.6 Å². The van der Waals surface area contributed by atoms with Gasteiger partial charge < -0.3 is 20.1 Å². The molecule has 8 heteroatoms. The lowest BCUT2D eigenvalue weighted by Crippen LogP contribution is -2.23. The number of rotatable bonds is 8. The lowest BCUT2D eigenvalue weighted by atomic mass is 9.88. The van der Waals surface area contributed by atoms with Crippen molar-refractivity contribution >= 4 is 39.9 Å². The van der Waals surface area contributed by atoms with E-state index in [1.807, 2.05) is 0 Å². The number of carbonyl (C=O) groups excluding carboxylic acids is 3. The molecule has 0 bridgehead atoms. The van der Waals surface area contributed by atoms with Crippen LogP contribution in [-0.4, -0.2) is 37.1 Å². The maximum atomic E-state index is 12.7. The summed E-state index contributed by atoms with van der Waals surface area (Å²) in [6, 6.07) is 6.94. The SMILES string of the molecule is CCOC(=O)c1c(NC(=O)CNc2ccc(C(=O)OC3CCCCC3)cc2)sc2c1CCC(C)C2. The van der Waals surface area contributed by atoms with Crippen LogP contribution in [0.25, 0.3) is 0 Å². The normalized spacial score (nSPS) is 17.8. The predicted molar refractivity (Wildman–Crippen MR) is 137 cm³/mol. The van der Waals surface area contributed by atoms with E-state index in [0.29, 0.717) is 28.7 Å². The van der Waals surface area contributed by atoms with E-state index >= 15 is 0 Å². The van der Waals surface area contributed by atoms with Gasteiger partial charge in [-0.1, -0.05) is 13.3 Å². The Kier molecular flexibility index (Phi) is 8.44. The van der Waals surface area contributed by atoms with Crippen molar-refractivity contribution in [3.8, 4) is 0 Å². The maximum Gasteiger partial charge on any atom is 0.341 e. The van der Waals surface area contributed by atoms with E-state index in [4.69, 9.17) is 9.47 Å². The average Bonchev–Trinajstić information content (AvgIpc) is 3.20. The molecule has 1 fully saturated rings. The van der Waals surface area contributed by atoms with Gasteiger partial charge in [0.25, 0.3) is 0 Å². The molecule has 2 aromatic rings. The van der Waals surface area contributed by atoms with E-state index in [-0.39, 0.29) is 30.5 Å². The van der Waals surface area contributed by atoms with E-state index in [1.54, 1.807) is 31.2 Å². The third-order valence-corrected chi connectivity index (χ3v) is 7.81. The molecule has 0 aliphatic heterocycles. The van der Waals surface area contributed by atoms with Crippen LogP contribution in [0, 0.1) is 5.92 Å². The molecule has 1 aromatic carbocycles. The Balaban J connectivity index is 1.34. The van der Waals surface area contributed by atoms with Crippen LogP contribution in [0.3, 0.4) is 0 Å². The first-order valence-corrected chi connectivity index (χ1v) is 13.4. The third kappa shape index (κ3) is 6.42. The van der Waals surface area contributed by atoms with Crippen molar-refractivity contribution in [2.24, 2.45) is 5.92 Å². The smallest absolute Gasteiger partial charge is 0.341 e. The van der Waals surface area contributed by atoms with Crippen LogP contribution in [0.1, 0.15) is 83.5 Å². The number of hydrogen-bond donors (Lipinski definition) is 2. The summed E-state index contributed by atoms with van der Waals surface area (Å²) in [4.78, 5) is 38.9. The second-order valence-electron chi connectivity index (χ2n) is 9.42. The number of carbonyl (C=O) groups is 3. The Morgan fingerprint density at radius 1 is 1.03 bits per heavy atom. The summed E-state index contributed by atoms with van der Waals surface area (Å²) in [5, 5.41) is 6.55. The quantitative estimate of drug-likeness (QED) is 0.461. The third-order valence-electron chi connectivity index (χ3n) is 6.64. The topological polar surface area (TPSA) is 93.7 Å². The number of thiophene rings is 1. The molecule has 0 radical (unpaired) electrons. The summed E-state index contributed by atoms with van der Waals surface area (Å²) in [5.41, 5.74) is 2.75. The first kappa shape index (κ1) is 25.2. The summed E-state index contributed by atoms with van der Waals surface area (Å²) >= 11 is 1.48. The van der Waals surface area contributed by atoms with Crippen molar-refractivity contribution in [3.05, 3.63) is 45.8 Å². The van der Waals surface area contributed by atoms with Crippen molar-refractivity contribution in [2.75, 3.05) is 23.8 Å². The fourth-order valence-electron chi connectivity index (χ4n) is 4.74. The van der Waals surface area contributed by atoms with Crippen molar-refractivity contribution in [1.82, 2.24) is 0 Å². The number of hydrogen-bond acceptors (Lipinski definition) is 7. The minimum absolute atomic E-state index is 0.0170. The number of esters is 2. The highest BCUT2D eigenvalue weighted by atomic mass is 32.1. The molecule has 1 aromatic heterocycles. The lowest BCUT2D eigenvalue weighted by Gasteiger charge is -2.21. The molecule has 2 aliphatic carbocycles. The van der Waals surface area contributed by atoms with Gasteiger partial charge in [0, 0.05) is 10.6 Å². The van der Waals surface area contributed by atoms with Gasteiger partial charge >= 0.3 is 11.9 Å². The highest BCUT2D eigenvalue weighted by Crippen LogP contribution is 2.40. The highest BCUT2D eigenvalue weighted by Gasteiger charge is 2.29. The molecule has 1 unspecified atom stereocenters. The van der Waals surface area contributed by atoms with Gasteiger partial charge in [-0.2, -0.15) is 0 Å². The largest absolute Gasteiger partial charge is 0.462 e. The molecule has 0 saturated heterocycles. The molecular weight excluding hydrogens is 464 g/mol.